The first kappa shape index (κ1) is 16.2. The summed E-state index contributed by atoms with van der Waals surface area (Å²) in [6.45, 7) is 1.98. The van der Waals surface area contributed by atoms with Crippen molar-refractivity contribution < 1.29 is 22.7 Å². The standard InChI is InChI=1S/C12H16F3N3O2/c1-11(2,16-3)10(19)18-8-4-5-9(17-6-8)20-7-12(13,14)15/h4-6,16H,7H2,1-3H3,(H,18,19). The monoisotopic (exact) mass is 291 g/mol. The van der Waals surface area contributed by atoms with Crippen LogP contribution >= 0.6 is 0 Å². The average molecular weight is 291 g/mol. The molecule has 1 aromatic heterocycles. The number of anilines is 1. The number of ether oxygens (including phenoxy) is 1. The molecule has 0 spiro atoms. The predicted octanol–water partition coefficient (Wildman–Crippen LogP) is 1.96. The van der Waals surface area contributed by atoms with Crippen molar-refractivity contribution in [3.63, 3.8) is 0 Å². The third kappa shape index (κ3) is 5.04. The highest BCUT2D eigenvalue weighted by atomic mass is 19.4. The Morgan fingerprint density at radius 1 is 1.35 bits per heavy atom. The largest absolute Gasteiger partial charge is 0.468 e. The van der Waals surface area contributed by atoms with Gasteiger partial charge in [0.1, 0.15) is 0 Å². The molecule has 2 N–H and O–H groups in total. The molecule has 0 bridgehead atoms. The number of alkyl halides is 3. The van der Waals surface area contributed by atoms with E-state index in [1.807, 2.05) is 0 Å². The van der Waals surface area contributed by atoms with E-state index in [1.54, 1.807) is 20.9 Å². The van der Waals surface area contributed by atoms with Gasteiger partial charge in [0.25, 0.3) is 0 Å². The van der Waals surface area contributed by atoms with E-state index in [-0.39, 0.29) is 11.8 Å². The molecule has 1 heterocycles. The van der Waals surface area contributed by atoms with Crippen LogP contribution in [0.3, 0.4) is 0 Å². The minimum Gasteiger partial charge on any atom is -0.468 e. The van der Waals surface area contributed by atoms with Gasteiger partial charge in [-0.05, 0) is 27.0 Å². The van der Waals surface area contributed by atoms with Crippen molar-refractivity contribution in [3.8, 4) is 5.88 Å². The smallest absolute Gasteiger partial charge is 0.422 e. The van der Waals surface area contributed by atoms with Crippen molar-refractivity contribution >= 4 is 11.6 Å². The summed E-state index contributed by atoms with van der Waals surface area (Å²) in [5.41, 5.74) is -0.400. The first-order chi connectivity index (χ1) is 9.14. The van der Waals surface area contributed by atoms with Crippen LogP contribution in [-0.2, 0) is 4.79 Å². The normalized spacial score (nSPS) is 12.1. The summed E-state index contributed by atoms with van der Waals surface area (Å²) >= 11 is 0. The minimum atomic E-state index is -4.41. The van der Waals surface area contributed by atoms with Crippen LogP contribution in [0.4, 0.5) is 18.9 Å². The lowest BCUT2D eigenvalue weighted by atomic mass is 10.1. The topological polar surface area (TPSA) is 63.2 Å². The van der Waals surface area contributed by atoms with Gasteiger partial charge >= 0.3 is 6.18 Å². The summed E-state index contributed by atoms with van der Waals surface area (Å²) < 4.78 is 40.3. The highest BCUT2D eigenvalue weighted by Gasteiger charge is 2.28. The molecule has 0 fully saturated rings. The fraction of sp³-hybridized carbons (Fsp3) is 0.500. The van der Waals surface area contributed by atoms with Crippen LogP contribution in [0.25, 0.3) is 0 Å². The van der Waals surface area contributed by atoms with E-state index in [0.29, 0.717) is 5.69 Å². The lowest BCUT2D eigenvalue weighted by Crippen LogP contribution is -2.47. The molecule has 0 aliphatic carbocycles. The first-order valence-electron chi connectivity index (χ1n) is 5.80. The van der Waals surface area contributed by atoms with Crippen molar-refractivity contribution in [2.75, 3.05) is 19.0 Å². The van der Waals surface area contributed by atoms with Gasteiger partial charge in [-0.25, -0.2) is 4.98 Å². The van der Waals surface area contributed by atoms with Gasteiger partial charge in [-0.2, -0.15) is 13.2 Å². The Bertz CT molecular complexity index is 458. The zero-order chi connectivity index (χ0) is 15.4. The maximum absolute atomic E-state index is 11.9. The minimum absolute atomic E-state index is 0.159. The number of rotatable bonds is 5. The van der Waals surface area contributed by atoms with Crippen LogP contribution in [0, 0.1) is 0 Å². The van der Waals surface area contributed by atoms with Crippen molar-refractivity contribution in [1.82, 2.24) is 10.3 Å². The van der Waals surface area contributed by atoms with Crippen LogP contribution in [0.2, 0.25) is 0 Å². The summed E-state index contributed by atoms with van der Waals surface area (Å²) in [7, 11) is 1.64. The molecule has 0 unspecified atom stereocenters. The van der Waals surface area contributed by atoms with Gasteiger partial charge in [-0.1, -0.05) is 0 Å². The molecule has 0 saturated carbocycles. The van der Waals surface area contributed by atoms with Crippen molar-refractivity contribution in [2.24, 2.45) is 0 Å². The highest BCUT2D eigenvalue weighted by molar-refractivity contribution is 5.97. The van der Waals surface area contributed by atoms with E-state index in [4.69, 9.17) is 0 Å². The number of carbonyl (C=O) groups is 1. The Hall–Kier alpha value is -1.83. The van der Waals surface area contributed by atoms with Crippen LogP contribution in [0.1, 0.15) is 13.8 Å². The fourth-order valence-corrected chi connectivity index (χ4v) is 1.10. The molecule has 1 aromatic rings. The Morgan fingerprint density at radius 3 is 2.45 bits per heavy atom. The van der Waals surface area contributed by atoms with E-state index < -0.39 is 18.3 Å². The molecule has 8 heteroatoms. The maximum Gasteiger partial charge on any atom is 0.422 e. The van der Waals surface area contributed by atoms with Gasteiger partial charge in [0.2, 0.25) is 11.8 Å². The van der Waals surface area contributed by atoms with Gasteiger partial charge in [-0.15, -0.1) is 0 Å². The summed E-state index contributed by atoms with van der Waals surface area (Å²) in [6, 6.07) is 2.68. The molecule has 1 rings (SSSR count). The van der Waals surface area contributed by atoms with Crippen molar-refractivity contribution in [2.45, 2.75) is 25.6 Å². The summed E-state index contributed by atoms with van der Waals surface area (Å²) in [5.74, 6) is -0.445. The number of carbonyl (C=O) groups excluding carboxylic acids is 1. The number of likely N-dealkylation sites (N-methyl/N-ethyl adjacent to an activating group) is 1. The molecule has 0 atom stereocenters. The van der Waals surface area contributed by atoms with Crippen LogP contribution < -0.4 is 15.4 Å². The quantitative estimate of drug-likeness (QED) is 0.870. The SMILES string of the molecule is CNC(C)(C)C(=O)Nc1ccc(OCC(F)(F)F)nc1. The molecule has 112 valence electrons. The van der Waals surface area contributed by atoms with Crippen LogP contribution in [-0.4, -0.2) is 36.3 Å². The number of nitrogens with one attached hydrogen (secondary N) is 2. The molecule has 0 aromatic carbocycles. The van der Waals surface area contributed by atoms with Gasteiger partial charge in [0.05, 0.1) is 17.4 Å². The average Bonchev–Trinajstić information content (AvgIpc) is 2.37. The number of nitrogens with zero attached hydrogens (tertiary/aromatic N) is 1. The maximum atomic E-state index is 11.9. The zero-order valence-electron chi connectivity index (χ0n) is 11.3. The molecule has 20 heavy (non-hydrogen) atoms. The summed E-state index contributed by atoms with van der Waals surface area (Å²) in [6.07, 6.45) is -3.18. The third-order valence-electron chi connectivity index (χ3n) is 2.57. The molecular weight excluding hydrogens is 275 g/mol. The number of aromatic nitrogens is 1. The Morgan fingerprint density at radius 2 is 2.00 bits per heavy atom. The number of halogens is 3. The van der Waals surface area contributed by atoms with Crippen molar-refractivity contribution in [1.29, 1.82) is 0 Å². The Balaban J connectivity index is 2.61. The fourth-order valence-electron chi connectivity index (χ4n) is 1.10. The number of hydrogen-bond acceptors (Lipinski definition) is 4. The molecule has 1 amide bonds. The van der Waals surface area contributed by atoms with Gasteiger partial charge in [0, 0.05) is 6.07 Å². The third-order valence-corrected chi connectivity index (χ3v) is 2.57. The zero-order valence-corrected chi connectivity index (χ0v) is 11.3. The second kappa shape index (κ2) is 6.08. The molecular formula is C12H16F3N3O2. The lowest BCUT2D eigenvalue weighted by molar-refractivity contribution is -0.154. The number of pyridine rings is 1. The van der Waals surface area contributed by atoms with Crippen molar-refractivity contribution in [3.05, 3.63) is 18.3 Å². The number of hydrogen-bond donors (Lipinski definition) is 2. The van der Waals surface area contributed by atoms with Crippen LogP contribution in [0.5, 0.6) is 5.88 Å². The predicted molar refractivity (Wildman–Crippen MR) is 67.6 cm³/mol. The lowest BCUT2D eigenvalue weighted by Gasteiger charge is -2.22. The van der Waals surface area contributed by atoms with E-state index >= 15 is 0 Å². The van der Waals surface area contributed by atoms with E-state index in [9.17, 15) is 18.0 Å². The number of amides is 1. The van der Waals surface area contributed by atoms with E-state index in [1.165, 1.54) is 18.3 Å². The Kier molecular flexibility index (Phi) is 4.93. The van der Waals surface area contributed by atoms with Crippen LogP contribution in [0.15, 0.2) is 18.3 Å². The Labute approximate surface area is 114 Å². The molecule has 5 nitrogen and oxygen atoms in total. The second-order valence-corrected chi connectivity index (χ2v) is 4.62. The summed E-state index contributed by atoms with van der Waals surface area (Å²) in [5, 5.41) is 5.42. The molecule has 0 saturated heterocycles. The van der Waals surface area contributed by atoms with E-state index in [2.05, 4.69) is 20.4 Å². The first-order valence-corrected chi connectivity index (χ1v) is 5.80. The molecule has 0 aliphatic rings. The molecule has 0 aliphatic heterocycles. The van der Waals surface area contributed by atoms with E-state index in [0.717, 1.165) is 0 Å². The summed E-state index contributed by atoms with van der Waals surface area (Å²) in [4.78, 5) is 15.5. The van der Waals surface area contributed by atoms with Gasteiger partial charge < -0.3 is 15.4 Å². The van der Waals surface area contributed by atoms with Gasteiger partial charge in [0.15, 0.2) is 6.61 Å². The highest BCUT2D eigenvalue weighted by Crippen LogP contribution is 2.18. The molecule has 0 radical (unpaired) electrons. The van der Waals surface area contributed by atoms with Gasteiger partial charge in [-0.3, -0.25) is 4.79 Å². The second-order valence-electron chi connectivity index (χ2n) is 4.62.